The molecule has 2 aromatic carbocycles. The second kappa shape index (κ2) is 8.38. The van der Waals surface area contributed by atoms with Gasteiger partial charge in [0, 0.05) is 7.11 Å². The Hall–Kier alpha value is -1.93. The van der Waals surface area contributed by atoms with E-state index >= 15 is 0 Å². The molecule has 0 aromatic heterocycles. The number of allylic oxidation sites excluding steroid dienone is 1. The van der Waals surface area contributed by atoms with Crippen LogP contribution < -0.4 is 0 Å². The van der Waals surface area contributed by atoms with Crippen molar-refractivity contribution in [2.75, 3.05) is 7.11 Å². The number of methoxy groups -OCH3 is 1. The highest BCUT2D eigenvalue weighted by Crippen LogP contribution is 2.15. The molecule has 2 rings (SSSR count). The van der Waals surface area contributed by atoms with Crippen molar-refractivity contribution in [3.05, 3.63) is 77.1 Å². The van der Waals surface area contributed by atoms with E-state index in [0.29, 0.717) is 6.61 Å². The molecule has 0 atom stereocenters. The number of ether oxygens (including phenoxy) is 1. The summed E-state index contributed by atoms with van der Waals surface area (Å²) >= 11 is 0. The second-order valence-electron chi connectivity index (χ2n) is 5.14. The van der Waals surface area contributed by atoms with Crippen LogP contribution in [-0.4, -0.2) is 7.11 Å². The zero-order chi connectivity index (χ0) is 15.8. The summed E-state index contributed by atoms with van der Waals surface area (Å²) in [6.45, 7) is 10.6. The number of halogens is 1. The van der Waals surface area contributed by atoms with E-state index in [2.05, 4.69) is 38.6 Å². The average Bonchev–Trinajstić information content (AvgIpc) is 2.43. The predicted molar refractivity (Wildman–Crippen MR) is 87.7 cm³/mol. The Labute approximate surface area is 127 Å². The van der Waals surface area contributed by atoms with Crippen LogP contribution in [0, 0.1) is 19.7 Å². The molecular weight excluding hydrogens is 263 g/mol. The fourth-order valence-corrected chi connectivity index (χ4v) is 1.80. The summed E-state index contributed by atoms with van der Waals surface area (Å²) in [5.41, 5.74) is 5.92. The normalized spacial score (nSPS) is 9.76. The molecule has 112 valence electrons. The summed E-state index contributed by atoms with van der Waals surface area (Å²) in [4.78, 5) is 0. The van der Waals surface area contributed by atoms with Crippen molar-refractivity contribution in [1.82, 2.24) is 0 Å². The van der Waals surface area contributed by atoms with E-state index in [4.69, 9.17) is 4.74 Å². The van der Waals surface area contributed by atoms with Gasteiger partial charge in [-0.3, -0.25) is 0 Å². The second-order valence-corrected chi connectivity index (χ2v) is 5.14. The lowest BCUT2D eigenvalue weighted by atomic mass is 10.0. The van der Waals surface area contributed by atoms with E-state index in [1.54, 1.807) is 13.2 Å². The van der Waals surface area contributed by atoms with E-state index < -0.39 is 0 Å². The molecule has 0 saturated heterocycles. The Morgan fingerprint density at radius 2 is 1.81 bits per heavy atom. The number of hydrogen-bond acceptors (Lipinski definition) is 1. The Morgan fingerprint density at radius 3 is 2.33 bits per heavy atom. The van der Waals surface area contributed by atoms with E-state index in [-0.39, 0.29) is 5.82 Å². The zero-order valence-electron chi connectivity index (χ0n) is 13.2. The van der Waals surface area contributed by atoms with Gasteiger partial charge >= 0.3 is 0 Å². The predicted octanol–water partition coefficient (Wildman–Crippen LogP) is 5.31. The molecule has 2 heteroatoms. The first-order valence-corrected chi connectivity index (χ1v) is 6.90. The van der Waals surface area contributed by atoms with Gasteiger partial charge < -0.3 is 4.74 Å². The van der Waals surface area contributed by atoms with Crippen molar-refractivity contribution in [3.8, 4) is 0 Å². The van der Waals surface area contributed by atoms with Crippen LogP contribution in [0.4, 0.5) is 4.39 Å². The van der Waals surface area contributed by atoms with Crippen LogP contribution in [0.1, 0.15) is 29.2 Å². The topological polar surface area (TPSA) is 9.23 Å². The third kappa shape index (κ3) is 5.92. The van der Waals surface area contributed by atoms with Gasteiger partial charge in [-0.15, -0.1) is 0 Å². The number of aryl methyl sites for hydroxylation is 2. The Balaban J connectivity index is 0.000000211. The lowest BCUT2D eigenvalue weighted by molar-refractivity contribution is 0.184. The summed E-state index contributed by atoms with van der Waals surface area (Å²) in [7, 11) is 1.59. The van der Waals surface area contributed by atoms with Crippen LogP contribution in [-0.2, 0) is 11.3 Å². The van der Waals surface area contributed by atoms with E-state index in [9.17, 15) is 4.39 Å². The van der Waals surface area contributed by atoms with Gasteiger partial charge in [-0.1, -0.05) is 42.5 Å². The van der Waals surface area contributed by atoms with Gasteiger partial charge in [0.25, 0.3) is 0 Å². The SMILES string of the molecule is C=C(C)c1ccc(C)c(C)c1.COCc1cccc(F)c1. The minimum absolute atomic E-state index is 0.213. The lowest BCUT2D eigenvalue weighted by Crippen LogP contribution is -1.86. The largest absolute Gasteiger partial charge is 0.380 e. The van der Waals surface area contributed by atoms with E-state index in [1.807, 2.05) is 13.0 Å². The van der Waals surface area contributed by atoms with Gasteiger partial charge in [0.2, 0.25) is 0 Å². The highest BCUT2D eigenvalue weighted by atomic mass is 19.1. The summed E-state index contributed by atoms with van der Waals surface area (Å²) in [5.74, 6) is -0.213. The summed E-state index contributed by atoms with van der Waals surface area (Å²) in [5, 5.41) is 0. The number of hydrogen-bond donors (Lipinski definition) is 0. The third-order valence-corrected chi connectivity index (χ3v) is 3.20. The smallest absolute Gasteiger partial charge is 0.123 e. The fourth-order valence-electron chi connectivity index (χ4n) is 1.80. The van der Waals surface area contributed by atoms with Crippen LogP contribution in [0.2, 0.25) is 0 Å². The minimum Gasteiger partial charge on any atom is -0.380 e. The van der Waals surface area contributed by atoms with Crippen molar-refractivity contribution in [1.29, 1.82) is 0 Å². The maximum atomic E-state index is 12.4. The zero-order valence-corrected chi connectivity index (χ0v) is 13.2. The summed E-state index contributed by atoms with van der Waals surface area (Å²) in [6.07, 6.45) is 0. The fraction of sp³-hybridized carbons (Fsp3) is 0.263. The van der Waals surface area contributed by atoms with Gasteiger partial charge in [0.15, 0.2) is 0 Å². The molecule has 21 heavy (non-hydrogen) atoms. The van der Waals surface area contributed by atoms with Crippen molar-refractivity contribution < 1.29 is 9.13 Å². The molecular formula is C19H23FO. The Morgan fingerprint density at radius 1 is 1.10 bits per heavy atom. The molecule has 0 radical (unpaired) electrons. The average molecular weight is 286 g/mol. The molecule has 0 amide bonds. The third-order valence-electron chi connectivity index (χ3n) is 3.20. The quantitative estimate of drug-likeness (QED) is 0.743. The maximum Gasteiger partial charge on any atom is 0.123 e. The van der Waals surface area contributed by atoms with Crippen molar-refractivity contribution >= 4 is 5.57 Å². The van der Waals surface area contributed by atoms with Gasteiger partial charge in [-0.2, -0.15) is 0 Å². The van der Waals surface area contributed by atoms with Crippen LogP contribution >= 0.6 is 0 Å². The molecule has 1 nitrogen and oxygen atoms in total. The standard InChI is InChI=1S/C11H14.C8H9FO/c1-8(2)11-6-5-9(3)10(4)7-11;1-10-6-7-3-2-4-8(9)5-7/h5-7H,1H2,2-4H3;2-5H,6H2,1H3. The first-order valence-electron chi connectivity index (χ1n) is 6.90. The Bertz CT molecular complexity index is 602. The van der Waals surface area contributed by atoms with Gasteiger partial charge in [-0.25, -0.2) is 4.39 Å². The number of rotatable bonds is 3. The van der Waals surface area contributed by atoms with Crippen LogP contribution in [0.15, 0.2) is 49.0 Å². The molecule has 0 aliphatic heterocycles. The molecule has 0 saturated carbocycles. The first-order chi connectivity index (χ1) is 9.93. The molecule has 0 aliphatic carbocycles. The maximum absolute atomic E-state index is 12.4. The monoisotopic (exact) mass is 286 g/mol. The lowest BCUT2D eigenvalue weighted by Gasteiger charge is -2.03. The molecule has 0 spiro atoms. The first kappa shape index (κ1) is 17.1. The van der Waals surface area contributed by atoms with Crippen molar-refractivity contribution in [3.63, 3.8) is 0 Å². The summed E-state index contributed by atoms with van der Waals surface area (Å²) in [6, 6.07) is 12.8. The molecule has 0 bridgehead atoms. The van der Waals surface area contributed by atoms with Gasteiger partial charge in [-0.05, 0) is 55.2 Å². The van der Waals surface area contributed by atoms with Gasteiger partial charge in [0.1, 0.15) is 5.82 Å². The van der Waals surface area contributed by atoms with E-state index in [0.717, 1.165) is 11.1 Å². The van der Waals surface area contributed by atoms with Crippen LogP contribution in [0.25, 0.3) is 5.57 Å². The highest BCUT2D eigenvalue weighted by Gasteiger charge is 1.95. The molecule has 0 fully saturated rings. The van der Waals surface area contributed by atoms with Crippen molar-refractivity contribution in [2.24, 2.45) is 0 Å². The van der Waals surface area contributed by atoms with Crippen molar-refractivity contribution in [2.45, 2.75) is 27.4 Å². The summed E-state index contributed by atoms with van der Waals surface area (Å²) < 4.78 is 17.3. The highest BCUT2D eigenvalue weighted by molar-refractivity contribution is 5.62. The molecule has 0 heterocycles. The number of benzene rings is 2. The minimum atomic E-state index is -0.213. The van der Waals surface area contributed by atoms with Crippen LogP contribution in [0.3, 0.4) is 0 Å². The molecule has 2 aromatic rings. The molecule has 0 N–H and O–H groups in total. The van der Waals surface area contributed by atoms with E-state index in [1.165, 1.54) is 28.8 Å². The Kier molecular flexibility index (Phi) is 6.83. The molecule has 0 aliphatic rings. The van der Waals surface area contributed by atoms with Gasteiger partial charge in [0.05, 0.1) is 6.61 Å². The van der Waals surface area contributed by atoms with Crippen LogP contribution in [0.5, 0.6) is 0 Å². The molecule has 0 unspecified atom stereocenters.